The summed E-state index contributed by atoms with van der Waals surface area (Å²) < 4.78 is 1.83. The van der Waals surface area contributed by atoms with Crippen molar-refractivity contribution in [2.75, 3.05) is 26.7 Å². The van der Waals surface area contributed by atoms with E-state index in [0.717, 1.165) is 32.4 Å². The van der Waals surface area contributed by atoms with Crippen LogP contribution in [0.4, 0.5) is 0 Å². The van der Waals surface area contributed by atoms with Gasteiger partial charge in [0.1, 0.15) is 0 Å². The summed E-state index contributed by atoms with van der Waals surface area (Å²) in [4.78, 5) is 15.0. The Morgan fingerprint density at radius 1 is 1.30 bits per heavy atom. The molecule has 0 aliphatic carbocycles. The van der Waals surface area contributed by atoms with Crippen LogP contribution in [0.25, 0.3) is 0 Å². The van der Waals surface area contributed by atoms with Crippen molar-refractivity contribution in [2.45, 2.75) is 24.8 Å². The van der Waals surface area contributed by atoms with Crippen molar-refractivity contribution in [3.05, 3.63) is 54.4 Å². The third-order valence-corrected chi connectivity index (χ3v) is 4.70. The van der Waals surface area contributed by atoms with Crippen LogP contribution >= 0.6 is 0 Å². The molecule has 0 radical (unpaired) electrons. The van der Waals surface area contributed by atoms with Crippen molar-refractivity contribution < 1.29 is 4.79 Å². The maximum absolute atomic E-state index is 12.6. The Morgan fingerprint density at radius 3 is 2.83 bits per heavy atom. The molecule has 122 valence electrons. The van der Waals surface area contributed by atoms with E-state index in [9.17, 15) is 4.79 Å². The van der Waals surface area contributed by atoms with Gasteiger partial charge in [-0.1, -0.05) is 30.3 Å². The highest BCUT2D eigenvalue weighted by atomic mass is 16.2. The van der Waals surface area contributed by atoms with Crippen LogP contribution in [0, 0.1) is 0 Å². The smallest absolute Gasteiger partial charge is 0.249 e. The van der Waals surface area contributed by atoms with Gasteiger partial charge in [0.25, 0.3) is 0 Å². The number of piperidine rings is 1. The number of carbonyl (C=O) groups is 1. The summed E-state index contributed by atoms with van der Waals surface area (Å²) in [5.41, 5.74) is 0.746. The standard InChI is InChI=1S/C18H24N4O/c1-19-17(23)18(22-13-6-11-20-22)10-5-12-21(15-18)14-9-16-7-3-2-4-8-16/h2-4,6-8,11,13H,5,9-10,12,14-15H2,1H3,(H,19,23). The molecule has 1 aromatic heterocycles. The van der Waals surface area contributed by atoms with Crippen molar-refractivity contribution in [1.82, 2.24) is 20.0 Å². The number of benzene rings is 1. The van der Waals surface area contributed by atoms with Gasteiger partial charge in [-0.15, -0.1) is 0 Å². The van der Waals surface area contributed by atoms with E-state index in [1.54, 1.807) is 13.2 Å². The van der Waals surface area contributed by atoms with Gasteiger partial charge in [0.05, 0.1) is 0 Å². The predicted molar refractivity (Wildman–Crippen MR) is 90.1 cm³/mol. The minimum atomic E-state index is -0.590. The fraction of sp³-hybridized carbons (Fsp3) is 0.444. The number of likely N-dealkylation sites (N-methyl/N-ethyl adjacent to an activating group) is 1. The van der Waals surface area contributed by atoms with E-state index >= 15 is 0 Å². The van der Waals surface area contributed by atoms with Gasteiger partial charge in [0.2, 0.25) is 5.91 Å². The van der Waals surface area contributed by atoms with Crippen LogP contribution in [-0.4, -0.2) is 47.3 Å². The van der Waals surface area contributed by atoms with Gasteiger partial charge in [-0.3, -0.25) is 9.48 Å². The summed E-state index contributed by atoms with van der Waals surface area (Å²) >= 11 is 0. The molecule has 1 aromatic carbocycles. The lowest BCUT2D eigenvalue weighted by atomic mass is 9.87. The molecule has 1 aliphatic heterocycles. The van der Waals surface area contributed by atoms with E-state index in [4.69, 9.17) is 0 Å². The SMILES string of the molecule is CNC(=O)C1(n2cccn2)CCCN(CCc2ccccc2)C1. The Labute approximate surface area is 137 Å². The highest BCUT2D eigenvalue weighted by Gasteiger charge is 2.43. The Kier molecular flexibility index (Phi) is 4.76. The molecule has 5 nitrogen and oxygen atoms in total. The van der Waals surface area contributed by atoms with Gasteiger partial charge >= 0.3 is 0 Å². The first-order valence-corrected chi connectivity index (χ1v) is 8.23. The van der Waals surface area contributed by atoms with E-state index in [2.05, 4.69) is 39.6 Å². The Hall–Kier alpha value is -2.14. The number of amides is 1. The van der Waals surface area contributed by atoms with E-state index in [0.29, 0.717) is 6.54 Å². The molecule has 23 heavy (non-hydrogen) atoms. The number of carbonyl (C=O) groups excluding carboxylic acids is 1. The lowest BCUT2D eigenvalue weighted by Crippen LogP contribution is -2.58. The third-order valence-electron chi connectivity index (χ3n) is 4.70. The number of nitrogens with one attached hydrogen (secondary N) is 1. The molecule has 1 unspecified atom stereocenters. The zero-order valence-electron chi connectivity index (χ0n) is 13.6. The second-order valence-corrected chi connectivity index (χ2v) is 6.18. The molecule has 1 fully saturated rings. The van der Waals surface area contributed by atoms with Crippen molar-refractivity contribution in [3.63, 3.8) is 0 Å². The van der Waals surface area contributed by atoms with Crippen molar-refractivity contribution in [2.24, 2.45) is 0 Å². The van der Waals surface area contributed by atoms with Gasteiger partial charge in [-0.2, -0.15) is 5.10 Å². The molecule has 0 saturated carbocycles. The van der Waals surface area contributed by atoms with Gasteiger partial charge in [0, 0.05) is 32.5 Å². The summed E-state index contributed by atoms with van der Waals surface area (Å²) in [6.07, 6.45) is 6.48. The minimum absolute atomic E-state index is 0.0469. The highest BCUT2D eigenvalue weighted by molar-refractivity contribution is 5.84. The van der Waals surface area contributed by atoms with E-state index in [1.165, 1.54) is 5.56 Å². The number of hydrogen-bond acceptors (Lipinski definition) is 3. The average molecular weight is 312 g/mol. The number of nitrogens with zero attached hydrogens (tertiary/aromatic N) is 3. The summed E-state index contributed by atoms with van der Waals surface area (Å²) in [5, 5.41) is 7.19. The fourth-order valence-electron chi connectivity index (χ4n) is 3.48. The van der Waals surface area contributed by atoms with Gasteiger partial charge in [-0.05, 0) is 37.4 Å². The minimum Gasteiger partial charge on any atom is -0.357 e. The summed E-state index contributed by atoms with van der Waals surface area (Å²) in [6.45, 7) is 2.71. The number of aromatic nitrogens is 2. The number of likely N-dealkylation sites (tertiary alicyclic amines) is 1. The Bertz CT molecular complexity index is 626. The maximum atomic E-state index is 12.6. The maximum Gasteiger partial charge on any atom is 0.249 e. The molecule has 1 amide bonds. The van der Waals surface area contributed by atoms with E-state index in [1.807, 2.05) is 23.0 Å². The lowest BCUT2D eigenvalue weighted by Gasteiger charge is -2.41. The molecule has 1 atom stereocenters. The largest absolute Gasteiger partial charge is 0.357 e. The van der Waals surface area contributed by atoms with Crippen molar-refractivity contribution >= 4 is 5.91 Å². The summed E-state index contributed by atoms with van der Waals surface area (Å²) in [5.74, 6) is 0.0469. The molecule has 3 rings (SSSR count). The molecule has 0 spiro atoms. The van der Waals surface area contributed by atoms with Crippen molar-refractivity contribution in [3.8, 4) is 0 Å². The molecule has 2 aromatic rings. The second kappa shape index (κ2) is 6.96. The lowest BCUT2D eigenvalue weighted by molar-refractivity contribution is -0.133. The first-order valence-electron chi connectivity index (χ1n) is 8.23. The predicted octanol–water partition coefficient (Wildman–Crippen LogP) is 1.66. The zero-order chi connectivity index (χ0) is 16.1. The highest BCUT2D eigenvalue weighted by Crippen LogP contribution is 2.28. The van der Waals surface area contributed by atoms with Crippen LogP contribution in [0.2, 0.25) is 0 Å². The van der Waals surface area contributed by atoms with Gasteiger partial charge < -0.3 is 10.2 Å². The van der Waals surface area contributed by atoms with Crippen LogP contribution in [0.3, 0.4) is 0 Å². The third kappa shape index (κ3) is 3.29. The topological polar surface area (TPSA) is 50.2 Å². The summed E-state index contributed by atoms with van der Waals surface area (Å²) in [7, 11) is 1.70. The molecule has 0 bridgehead atoms. The van der Waals surface area contributed by atoms with Crippen LogP contribution in [0.5, 0.6) is 0 Å². The Balaban J connectivity index is 1.73. The van der Waals surface area contributed by atoms with Gasteiger partial charge in [-0.25, -0.2) is 0 Å². The first kappa shape index (κ1) is 15.7. The summed E-state index contributed by atoms with van der Waals surface area (Å²) in [6, 6.07) is 12.4. The average Bonchev–Trinajstić information content (AvgIpc) is 3.15. The van der Waals surface area contributed by atoms with Crippen LogP contribution < -0.4 is 5.32 Å². The van der Waals surface area contributed by atoms with E-state index < -0.39 is 5.54 Å². The Morgan fingerprint density at radius 2 is 2.13 bits per heavy atom. The monoisotopic (exact) mass is 312 g/mol. The van der Waals surface area contributed by atoms with Crippen LogP contribution in [0.15, 0.2) is 48.8 Å². The van der Waals surface area contributed by atoms with Crippen LogP contribution in [0.1, 0.15) is 18.4 Å². The normalized spacial score (nSPS) is 22.0. The molecular formula is C18H24N4O. The molecule has 2 heterocycles. The quantitative estimate of drug-likeness (QED) is 0.913. The zero-order valence-corrected chi connectivity index (χ0v) is 13.6. The van der Waals surface area contributed by atoms with Gasteiger partial charge in [0.15, 0.2) is 5.54 Å². The number of hydrogen-bond donors (Lipinski definition) is 1. The molecule has 1 aliphatic rings. The molecule has 1 N–H and O–H groups in total. The molecule has 1 saturated heterocycles. The van der Waals surface area contributed by atoms with Crippen LogP contribution in [-0.2, 0) is 16.8 Å². The molecule has 5 heteroatoms. The van der Waals surface area contributed by atoms with E-state index in [-0.39, 0.29) is 5.91 Å². The molecular weight excluding hydrogens is 288 g/mol. The van der Waals surface area contributed by atoms with Crippen molar-refractivity contribution in [1.29, 1.82) is 0 Å². The number of rotatable bonds is 5. The second-order valence-electron chi connectivity index (χ2n) is 6.18. The fourth-order valence-corrected chi connectivity index (χ4v) is 3.48. The first-order chi connectivity index (χ1) is 11.2.